The number of nitrogens with one attached hydrogen (secondary N) is 2. The molecule has 2 aliphatic rings. The molecule has 2 saturated heterocycles. The van der Waals surface area contributed by atoms with E-state index < -0.39 is 0 Å². The van der Waals surface area contributed by atoms with Gasteiger partial charge in [0.25, 0.3) is 5.91 Å². The molecule has 0 aliphatic carbocycles. The first-order valence-corrected chi connectivity index (χ1v) is 7.98. The summed E-state index contributed by atoms with van der Waals surface area (Å²) in [7, 11) is 0. The molecule has 4 rings (SSSR count). The van der Waals surface area contributed by atoms with Crippen molar-refractivity contribution in [3.05, 3.63) is 28.9 Å². The number of pyridine rings is 1. The number of terminal acetylenes is 1. The molecular formula is C16H15N3OS. The number of carbonyl (C=O) groups excluding carboxylic acids is 1. The third-order valence-electron chi connectivity index (χ3n) is 4.40. The van der Waals surface area contributed by atoms with Crippen molar-refractivity contribution in [3.8, 4) is 12.3 Å². The van der Waals surface area contributed by atoms with Crippen molar-refractivity contribution in [2.24, 2.45) is 0 Å². The quantitative estimate of drug-likeness (QED) is 0.833. The lowest BCUT2D eigenvalue weighted by molar-refractivity contribution is 0.0926. The molecule has 0 aromatic carbocycles. The molecule has 0 radical (unpaired) electrons. The molecule has 2 N–H and O–H groups in total. The molecule has 0 saturated carbocycles. The lowest BCUT2D eigenvalue weighted by atomic mass is 9.95. The van der Waals surface area contributed by atoms with Crippen LogP contribution in [0, 0.1) is 12.3 Å². The monoisotopic (exact) mass is 297 g/mol. The van der Waals surface area contributed by atoms with E-state index in [9.17, 15) is 4.79 Å². The molecule has 0 spiro atoms. The van der Waals surface area contributed by atoms with Gasteiger partial charge < -0.3 is 10.6 Å². The van der Waals surface area contributed by atoms with E-state index in [1.165, 1.54) is 17.8 Å². The molecule has 2 fully saturated rings. The molecule has 2 aromatic heterocycles. The normalized spacial score (nSPS) is 26.9. The summed E-state index contributed by atoms with van der Waals surface area (Å²) in [4.78, 5) is 17.5. The van der Waals surface area contributed by atoms with Crippen LogP contribution in [0.3, 0.4) is 0 Å². The fourth-order valence-corrected chi connectivity index (χ4v) is 4.19. The van der Waals surface area contributed by atoms with Crippen LogP contribution in [0.1, 0.15) is 34.6 Å². The minimum atomic E-state index is -0.0929. The van der Waals surface area contributed by atoms with Gasteiger partial charge in [-0.05, 0) is 36.8 Å². The predicted molar refractivity (Wildman–Crippen MR) is 83.4 cm³/mol. The zero-order chi connectivity index (χ0) is 14.4. The van der Waals surface area contributed by atoms with E-state index in [0.717, 1.165) is 27.8 Å². The van der Waals surface area contributed by atoms with Crippen LogP contribution in [-0.2, 0) is 0 Å². The summed E-state index contributed by atoms with van der Waals surface area (Å²) in [6, 6.07) is 4.99. The highest BCUT2D eigenvalue weighted by molar-refractivity contribution is 7.19. The van der Waals surface area contributed by atoms with E-state index in [1.807, 2.05) is 12.1 Å². The number of rotatable bonds is 2. The Kier molecular flexibility index (Phi) is 2.95. The second kappa shape index (κ2) is 4.83. The molecule has 106 valence electrons. The average Bonchev–Trinajstić information content (AvgIpc) is 3.20. The van der Waals surface area contributed by atoms with Crippen LogP contribution in [0.2, 0.25) is 0 Å². The summed E-state index contributed by atoms with van der Waals surface area (Å²) >= 11 is 1.52. The van der Waals surface area contributed by atoms with E-state index >= 15 is 0 Å². The van der Waals surface area contributed by atoms with E-state index in [2.05, 4.69) is 21.5 Å². The molecule has 5 heteroatoms. The fraction of sp³-hybridized carbons (Fsp3) is 0.375. The van der Waals surface area contributed by atoms with Gasteiger partial charge in [-0.1, -0.05) is 5.92 Å². The van der Waals surface area contributed by atoms with Gasteiger partial charge in [0, 0.05) is 24.3 Å². The van der Waals surface area contributed by atoms with Crippen LogP contribution in [0.15, 0.2) is 18.3 Å². The molecule has 4 heterocycles. The lowest BCUT2D eigenvalue weighted by Crippen LogP contribution is -2.43. The predicted octanol–water partition coefficient (Wildman–Crippen LogP) is 1.90. The summed E-state index contributed by atoms with van der Waals surface area (Å²) in [6.07, 6.45) is 10.5. The Morgan fingerprint density at radius 3 is 3.10 bits per heavy atom. The first-order valence-electron chi connectivity index (χ1n) is 7.16. The van der Waals surface area contributed by atoms with Crippen LogP contribution in [0.25, 0.3) is 10.1 Å². The highest BCUT2D eigenvalue weighted by atomic mass is 32.1. The fourth-order valence-electron chi connectivity index (χ4n) is 3.37. The van der Waals surface area contributed by atoms with Crippen molar-refractivity contribution < 1.29 is 4.79 Å². The molecular weight excluding hydrogens is 282 g/mol. The lowest BCUT2D eigenvalue weighted by Gasteiger charge is -2.21. The molecule has 21 heavy (non-hydrogen) atoms. The maximum atomic E-state index is 12.4. The maximum Gasteiger partial charge on any atom is 0.270 e. The number of fused-ring (bicyclic) bond motifs is 3. The van der Waals surface area contributed by atoms with Gasteiger partial charge in [0.2, 0.25) is 0 Å². The standard InChI is InChI=1S/C16H15N3OS/c1-2-11-5-9-6-14(17-8-15(9)21-11)16(20)19-13-7-10-3-4-12(13)18-10/h1,5-6,8,10,12-13,18H,3-4,7H2,(H,19,20)/t10-,12+,13-/m1/s1. The summed E-state index contributed by atoms with van der Waals surface area (Å²) in [5, 5.41) is 7.62. The van der Waals surface area contributed by atoms with Gasteiger partial charge in [0.15, 0.2) is 0 Å². The molecule has 0 unspecified atom stereocenters. The number of hydrogen-bond donors (Lipinski definition) is 2. The summed E-state index contributed by atoms with van der Waals surface area (Å²) in [6.45, 7) is 0. The number of nitrogens with zero attached hydrogens (tertiary/aromatic N) is 1. The Labute approximate surface area is 127 Å². The summed E-state index contributed by atoms with van der Waals surface area (Å²) in [5.74, 6) is 2.53. The third kappa shape index (κ3) is 2.21. The number of aromatic nitrogens is 1. The minimum Gasteiger partial charge on any atom is -0.346 e. The summed E-state index contributed by atoms with van der Waals surface area (Å²) in [5.41, 5.74) is 0.464. The van der Waals surface area contributed by atoms with Gasteiger partial charge in [-0.3, -0.25) is 4.79 Å². The van der Waals surface area contributed by atoms with E-state index in [0.29, 0.717) is 17.8 Å². The van der Waals surface area contributed by atoms with Crippen molar-refractivity contribution in [1.29, 1.82) is 0 Å². The van der Waals surface area contributed by atoms with E-state index in [1.54, 1.807) is 6.20 Å². The van der Waals surface area contributed by atoms with Gasteiger partial charge in [-0.25, -0.2) is 4.98 Å². The van der Waals surface area contributed by atoms with Crippen LogP contribution in [0.4, 0.5) is 0 Å². The Morgan fingerprint density at radius 1 is 1.48 bits per heavy atom. The Hall–Kier alpha value is -1.90. The molecule has 2 aliphatic heterocycles. The van der Waals surface area contributed by atoms with Crippen molar-refractivity contribution in [2.45, 2.75) is 37.4 Å². The first-order chi connectivity index (χ1) is 10.2. The van der Waals surface area contributed by atoms with Gasteiger partial charge in [-0.2, -0.15) is 0 Å². The second-order valence-electron chi connectivity index (χ2n) is 5.73. The first kappa shape index (κ1) is 12.8. The molecule has 2 aromatic rings. The van der Waals surface area contributed by atoms with Gasteiger partial charge in [-0.15, -0.1) is 17.8 Å². The van der Waals surface area contributed by atoms with Gasteiger partial charge >= 0.3 is 0 Å². The number of amides is 1. The van der Waals surface area contributed by atoms with Gasteiger partial charge in [0.1, 0.15) is 5.69 Å². The highest BCUT2D eigenvalue weighted by Gasteiger charge is 2.39. The maximum absolute atomic E-state index is 12.4. The van der Waals surface area contributed by atoms with Crippen LogP contribution < -0.4 is 10.6 Å². The van der Waals surface area contributed by atoms with Gasteiger partial charge in [0.05, 0.1) is 9.58 Å². The SMILES string of the molecule is C#Cc1cc2cc(C(=O)N[C@@H]3C[C@H]4CC[C@@H]3N4)ncc2s1. The smallest absolute Gasteiger partial charge is 0.270 e. The Bertz CT molecular complexity index is 760. The number of carbonyl (C=O) groups is 1. The van der Waals surface area contributed by atoms with Crippen molar-refractivity contribution in [1.82, 2.24) is 15.6 Å². The van der Waals surface area contributed by atoms with Crippen LogP contribution >= 0.6 is 11.3 Å². The Morgan fingerprint density at radius 2 is 2.38 bits per heavy atom. The van der Waals surface area contributed by atoms with E-state index in [4.69, 9.17) is 6.42 Å². The second-order valence-corrected chi connectivity index (χ2v) is 6.81. The zero-order valence-corrected chi connectivity index (χ0v) is 12.2. The third-order valence-corrected chi connectivity index (χ3v) is 5.41. The highest BCUT2D eigenvalue weighted by Crippen LogP contribution is 2.29. The topological polar surface area (TPSA) is 54.0 Å². The number of hydrogen-bond acceptors (Lipinski definition) is 4. The van der Waals surface area contributed by atoms with Crippen LogP contribution in [0.5, 0.6) is 0 Å². The van der Waals surface area contributed by atoms with E-state index in [-0.39, 0.29) is 11.9 Å². The number of thiophene rings is 1. The van der Waals surface area contributed by atoms with Crippen molar-refractivity contribution >= 4 is 27.3 Å². The average molecular weight is 297 g/mol. The summed E-state index contributed by atoms with van der Waals surface area (Å²) < 4.78 is 1.01. The van der Waals surface area contributed by atoms with Crippen molar-refractivity contribution in [2.75, 3.05) is 0 Å². The van der Waals surface area contributed by atoms with Crippen LogP contribution in [-0.4, -0.2) is 29.0 Å². The largest absolute Gasteiger partial charge is 0.346 e. The molecule has 4 nitrogen and oxygen atoms in total. The Balaban J connectivity index is 1.55. The molecule has 1 amide bonds. The van der Waals surface area contributed by atoms with Crippen molar-refractivity contribution in [3.63, 3.8) is 0 Å². The molecule has 3 atom stereocenters. The zero-order valence-electron chi connectivity index (χ0n) is 11.4. The minimum absolute atomic E-state index is 0.0929. The molecule has 2 bridgehead atoms.